The van der Waals surface area contributed by atoms with Crippen molar-refractivity contribution in [2.75, 3.05) is 13.1 Å². The maximum Gasteiger partial charge on any atom is 0.446 e. The van der Waals surface area contributed by atoms with Crippen molar-refractivity contribution in [3.63, 3.8) is 0 Å². The number of carbonyl (C=O) groups excluding carboxylic acids is 2. The van der Waals surface area contributed by atoms with Crippen molar-refractivity contribution in [2.45, 2.75) is 49.1 Å². The Kier molecular flexibility index (Phi) is 6.75. The summed E-state index contributed by atoms with van der Waals surface area (Å²) < 4.78 is 37.0. The van der Waals surface area contributed by atoms with Gasteiger partial charge < -0.3 is 10.2 Å². The van der Waals surface area contributed by atoms with Crippen molar-refractivity contribution >= 4 is 23.6 Å². The van der Waals surface area contributed by atoms with Crippen LogP contribution in [0.15, 0.2) is 29.2 Å². The maximum atomic E-state index is 12.5. The number of alkyl halides is 3. The summed E-state index contributed by atoms with van der Waals surface area (Å²) in [4.78, 5) is 25.9. The van der Waals surface area contributed by atoms with Gasteiger partial charge >= 0.3 is 5.51 Å². The topological polar surface area (TPSA) is 49.4 Å². The molecule has 0 aromatic heterocycles. The zero-order valence-electron chi connectivity index (χ0n) is 13.9. The molecule has 4 nitrogen and oxygen atoms in total. The quantitative estimate of drug-likeness (QED) is 0.797. The normalized spacial score (nSPS) is 18.1. The van der Waals surface area contributed by atoms with Crippen LogP contribution in [0, 0.1) is 0 Å². The summed E-state index contributed by atoms with van der Waals surface area (Å²) in [6.07, 6.45) is 2.83. The molecule has 1 atom stereocenters. The molecule has 25 heavy (non-hydrogen) atoms. The van der Waals surface area contributed by atoms with E-state index in [1.807, 2.05) is 6.92 Å². The number of thioether (sulfide) groups is 1. The highest BCUT2D eigenvalue weighted by Crippen LogP contribution is 2.36. The molecule has 1 unspecified atom stereocenters. The second-order valence-electron chi connectivity index (χ2n) is 5.98. The first-order valence-electron chi connectivity index (χ1n) is 8.23. The van der Waals surface area contributed by atoms with Crippen LogP contribution in [0.5, 0.6) is 0 Å². The number of amides is 2. The molecule has 2 amide bonds. The Bertz CT molecular complexity index is 605. The Morgan fingerprint density at radius 3 is 2.56 bits per heavy atom. The van der Waals surface area contributed by atoms with E-state index in [9.17, 15) is 22.8 Å². The lowest BCUT2D eigenvalue weighted by molar-refractivity contribution is -0.122. The van der Waals surface area contributed by atoms with E-state index >= 15 is 0 Å². The molecule has 1 saturated heterocycles. The van der Waals surface area contributed by atoms with Gasteiger partial charge in [0.05, 0.1) is 0 Å². The molecule has 1 aliphatic rings. The first kappa shape index (κ1) is 19.6. The number of benzene rings is 1. The third kappa shape index (κ3) is 6.26. The van der Waals surface area contributed by atoms with E-state index in [4.69, 9.17) is 0 Å². The maximum absolute atomic E-state index is 12.5. The van der Waals surface area contributed by atoms with E-state index < -0.39 is 5.51 Å². The van der Waals surface area contributed by atoms with Crippen LogP contribution < -0.4 is 5.32 Å². The molecular weight excluding hydrogens is 353 g/mol. The molecule has 0 bridgehead atoms. The summed E-state index contributed by atoms with van der Waals surface area (Å²) in [5, 5.41) is 2.93. The highest BCUT2D eigenvalue weighted by atomic mass is 32.2. The number of nitrogens with zero attached hydrogens (tertiary/aromatic N) is 1. The van der Waals surface area contributed by atoms with Crippen LogP contribution in [-0.2, 0) is 4.79 Å². The van der Waals surface area contributed by atoms with E-state index in [2.05, 4.69) is 5.32 Å². The molecule has 138 valence electrons. The third-order valence-electron chi connectivity index (χ3n) is 3.89. The summed E-state index contributed by atoms with van der Waals surface area (Å²) in [6.45, 7) is 2.93. The zero-order valence-corrected chi connectivity index (χ0v) is 14.8. The molecular formula is C17H21F3N2O2S. The largest absolute Gasteiger partial charge is 0.446 e. The summed E-state index contributed by atoms with van der Waals surface area (Å²) in [7, 11) is 0. The van der Waals surface area contributed by atoms with Crippen LogP contribution in [0.1, 0.15) is 43.0 Å². The highest BCUT2D eigenvalue weighted by Gasteiger charge is 2.29. The van der Waals surface area contributed by atoms with Crippen LogP contribution in [-0.4, -0.2) is 41.4 Å². The second kappa shape index (κ2) is 8.60. The fourth-order valence-electron chi connectivity index (χ4n) is 2.79. The van der Waals surface area contributed by atoms with Gasteiger partial charge in [-0.15, -0.1) is 0 Å². The van der Waals surface area contributed by atoms with Gasteiger partial charge in [0.15, 0.2) is 0 Å². The first-order chi connectivity index (χ1) is 11.8. The molecule has 1 fully saturated rings. The lowest BCUT2D eigenvalue weighted by Crippen LogP contribution is -2.49. The Balaban J connectivity index is 1.96. The van der Waals surface area contributed by atoms with Gasteiger partial charge in [-0.3, -0.25) is 9.59 Å². The SMILES string of the molecule is CCCC(=O)NC1CCCN(C(=O)c2ccc(SC(F)(F)F)cc2)C1. The average molecular weight is 374 g/mol. The van der Waals surface area contributed by atoms with Crippen molar-refractivity contribution < 1.29 is 22.8 Å². The van der Waals surface area contributed by atoms with E-state index in [1.54, 1.807) is 4.90 Å². The lowest BCUT2D eigenvalue weighted by atomic mass is 10.0. The smallest absolute Gasteiger partial charge is 0.352 e. The van der Waals surface area contributed by atoms with E-state index in [1.165, 1.54) is 24.3 Å². The van der Waals surface area contributed by atoms with Crippen LogP contribution in [0.25, 0.3) is 0 Å². The van der Waals surface area contributed by atoms with Gasteiger partial charge in [-0.2, -0.15) is 13.2 Å². The van der Waals surface area contributed by atoms with Crippen molar-refractivity contribution in [2.24, 2.45) is 0 Å². The third-order valence-corrected chi connectivity index (χ3v) is 4.62. The minimum atomic E-state index is -4.34. The van der Waals surface area contributed by atoms with Gasteiger partial charge in [0.25, 0.3) is 5.91 Å². The molecule has 0 aliphatic carbocycles. The Labute approximate surface area is 149 Å². The summed E-state index contributed by atoms with van der Waals surface area (Å²) in [5.41, 5.74) is -3.99. The highest BCUT2D eigenvalue weighted by molar-refractivity contribution is 8.00. The number of rotatable bonds is 5. The number of hydrogen-bond donors (Lipinski definition) is 1. The van der Waals surface area contributed by atoms with Crippen LogP contribution in [0.3, 0.4) is 0 Å². The number of halogens is 3. The van der Waals surface area contributed by atoms with Gasteiger partial charge in [0, 0.05) is 36.0 Å². The van der Waals surface area contributed by atoms with Gasteiger partial charge in [0.2, 0.25) is 5.91 Å². The average Bonchev–Trinajstić information content (AvgIpc) is 2.54. The molecule has 1 heterocycles. The van der Waals surface area contributed by atoms with Gasteiger partial charge in [-0.1, -0.05) is 6.92 Å². The van der Waals surface area contributed by atoms with E-state index in [0.717, 1.165) is 19.3 Å². The predicted octanol–water partition coefficient (Wildman–Crippen LogP) is 3.82. The summed E-state index contributed by atoms with van der Waals surface area (Å²) in [5.74, 6) is -0.242. The van der Waals surface area contributed by atoms with Gasteiger partial charge in [-0.05, 0) is 55.3 Å². The van der Waals surface area contributed by atoms with Crippen LogP contribution >= 0.6 is 11.8 Å². The molecule has 1 aromatic rings. The minimum absolute atomic E-state index is 0.0182. The molecule has 0 radical (unpaired) electrons. The summed E-state index contributed by atoms with van der Waals surface area (Å²) >= 11 is -0.204. The number of piperidine rings is 1. The first-order valence-corrected chi connectivity index (χ1v) is 9.04. The molecule has 2 rings (SSSR count). The molecule has 1 N–H and O–H groups in total. The standard InChI is InChI=1S/C17H21F3N2O2S/c1-2-4-15(23)21-13-5-3-10-22(11-13)16(24)12-6-8-14(9-7-12)25-17(18,19)20/h6-9,13H,2-5,10-11H2,1H3,(H,21,23). The zero-order chi connectivity index (χ0) is 18.4. The monoisotopic (exact) mass is 374 g/mol. The molecule has 1 aromatic carbocycles. The Hall–Kier alpha value is -1.70. The number of hydrogen-bond acceptors (Lipinski definition) is 3. The number of likely N-dealkylation sites (tertiary alicyclic amines) is 1. The summed E-state index contributed by atoms with van der Waals surface area (Å²) in [6, 6.07) is 5.36. The molecule has 0 saturated carbocycles. The van der Waals surface area contributed by atoms with E-state index in [-0.39, 0.29) is 34.5 Å². The fraction of sp³-hybridized carbons (Fsp3) is 0.529. The Morgan fingerprint density at radius 2 is 1.96 bits per heavy atom. The van der Waals surface area contributed by atoms with E-state index in [0.29, 0.717) is 25.1 Å². The number of nitrogens with one attached hydrogen (secondary N) is 1. The molecule has 8 heteroatoms. The number of carbonyl (C=O) groups is 2. The van der Waals surface area contributed by atoms with Crippen molar-refractivity contribution in [1.82, 2.24) is 10.2 Å². The van der Waals surface area contributed by atoms with Crippen LogP contribution in [0.4, 0.5) is 13.2 Å². The van der Waals surface area contributed by atoms with Crippen LogP contribution in [0.2, 0.25) is 0 Å². The lowest BCUT2D eigenvalue weighted by Gasteiger charge is -2.33. The van der Waals surface area contributed by atoms with Crippen molar-refractivity contribution in [3.05, 3.63) is 29.8 Å². The van der Waals surface area contributed by atoms with Gasteiger partial charge in [-0.25, -0.2) is 0 Å². The molecule has 0 spiro atoms. The minimum Gasteiger partial charge on any atom is -0.352 e. The second-order valence-corrected chi connectivity index (χ2v) is 7.12. The van der Waals surface area contributed by atoms with Crippen molar-refractivity contribution in [1.29, 1.82) is 0 Å². The Morgan fingerprint density at radius 1 is 1.28 bits per heavy atom. The molecule has 1 aliphatic heterocycles. The fourth-order valence-corrected chi connectivity index (χ4v) is 3.33. The predicted molar refractivity (Wildman–Crippen MR) is 90.3 cm³/mol. The van der Waals surface area contributed by atoms with Gasteiger partial charge in [0.1, 0.15) is 0 Å². The van der Waals surface area contributed by atoms with Crippen molar-refractivity contribution in [3.8, 4) is 0 Å².